The summed E-state index contributed by atoms with van der Waals surface area (Å²) in [5, 5.41) is 39.1. The van der Waals surface area contributed by atoms with Gasteiger partial charge in [-0.2, -0.15) is 0 Å². The van der Waals surface area contributed by atoms with Gasteiger partial charge >= 0.3 is 5.97 Å². The highest BCUT2D eigenvalue weighted by Gasteiger charge is 2.48. The number of ether oxygens (including phenoxy) is 2. The molecule has 1 aliphatic heterocycles. The number of para-hydroxylation sites is 1. The fraction of sp³-hybridized carbons (Fsp3) is 0.357. The molecule has 23 heavy (non-hydrogen) atoms. The van der Waals surface area contributed by atoms with Crippen LogP contribution in [0.2, 0.25) is 5.15 Å². The number of aromatic amines is 1. The smallest absolute Gasteiger partial charge is 0.335 e. The number of hydrogen-bond acceptors (Lipinski definition) is 6. The highest BCUT2D eigenvalue weighted by atomic mass is 35.5. The molecule has 1 saturated heterocycles. The summed E-state index contributed by atoms with van der Waals surface area (Å²) in [5.74, 6) is -1.33. The van der Waals surface area contributed by atoms with Gasteiger partial charge in [-0.15, -0.1) is 0 Å². The Balaban J connectivity index is 1.91. The first-order valence-corrected chi connectivity index (χ1v) is 7.13. The number of rotatable bonds is 3. The molecule has 2 heterocycles. The number of aliphatic hydroxyl groups excluding tert-OH is 3. The van der Waals surface area contributed by atoms with Crippen LogP contribution in [0.25, 0.3) is 10.9 Å². The maximum absolute atomic E-state index is 11.1. The molecule has 1 aromatic carbocycles. The van der Waals surface area contributed by atoms with Crippen molar-refractivity contribution in [2.45, 2.75) is 30.7 Å². The van der Waals surface area contributed by atoms with Crippen LogP contribution in [0.5, 0.6) is 5.75 Å². The fourth-order valence-corrected chi connectivity index (χ4v) is 2.71. The van der Waals surface area contributed by atoms with E-state index in [-0.39, 0.29) is 10.9 Å². The minimum absolute atomic E-state index is 0.134. The fourth-order valence-electron chi connectivity index (χ4n) is 2.46. The zero-order valence-corrected chi connectivity index (χ0v) is 12.3. The van der Waals surface area contributed by atoms with Crippen LogP contribution in [0.15, 0.2) is 24.3 Å². The summed E-state index contributed by atoms with van der Waals surface area (Å²) >= 11 is 6.05. The van der Waals surface area contributed by atoms with Crippen molar-refractivity contribution in [3.05, 3.63) is 29.4 Å². The van der Waals surface area contributed by atoms with Crippen LogP contribution in [0.3, 0.4) is 0 Å². The molecule has 3 rings (SSSR count). The standard InChI is InChI=1S/C14H14ClNO7/c15-12-10(5-3-1-2-4-6(5)16-12)22-14-9(19)7(17)8(18)11(23-14)13(20)21/h1-4,7-9,11,14,16-19H,(H,20,21)/t7-,8-,9+,11-,14?/m0/s1. The first-order valence-electron chi connectivity index (χ1n) is 6.75. The molecular weight excluding hydrogens is 330 g/mol. The van der Waals surface area contributed by atoms with Gasteiger partial charge in [0.25, 0.3) is 0 Å². The number of H-pyrrole nitrogens is 1. The molecule has 5 N–H and O–H groups in total. The van der Waals surface area contributed by atoms with E-state index in [2.05, 4.69) is 4.98 Å². The maximum atomic E-state index is 11.1. The van der Waals surface area contributed by atoms with Crippen molar-refractivity contribution in [3.8, 4) is 5.75 Å². The number of carboxylic acid groups (broad SMARTS) is 1. The summed E-state index contributed by atoms with van der Waals surface area (Å²) in [4.78, 5) is 13.9. The van der Waals surface area contributed by atoms with Crippen molar-refractivity contribution in [1.29, 1.82) is 0 Å². The van der Waals surface area contributed by atoms with Crippen LogP contribution in [-0.2, 0) is 9.53 Å². The zero-order chi connectivity index (χ0) is 16.7. The van der Waals surface area contributed by atoms with Gasteiger partial charge in [0.2, 0.25) is 6.29 Å². The topological polar surface area (TPSA) is 132 Å². The first kappa shape index (κ1) is 16.0. The maximum Gasteiger partial charge on any atom is 0.335 e. The molecule has 9 heteroatoms. The number of fused-ring (bicyclic) bond motifs is 1. The number of hydrogen-bond donors (Lipinski definition) is 5. The Morgan fingerprint density at radius 1 is 1.17 bits per heavy atom. The Hall–Kier alpha value is -1.84. The monoisotopic (exact) mass is 343 g/mol. The largest absolute Gasteiger partial charge is 0.479 e. The second kappa shape index (κ2) is 5.99. The lowest BCUT2D eigenvalue weighted by atomic mass is 9.99. The lowest BCUT2D eigenvalue weighted by molar-refractivity contribution is -0.270. The Morgan fingerprint density at radius 3 is 2.57 bits per heavy atom. The summed E-state index contributed by atoms with van der Waals surface area (Å²) in [6.07, 6.45) is -8.40. The highest BCUT2D eigenvalue weighted by Crippen LogP contribution is 2.36. The van der Waals surface area contributed by atoms with Crippen molar-refractivity contribution in [2.75, 3.05) is 0 Å². The molecule has 1 aromatic heterocycles. The second-order valence-corrected chi connectivity index (χ2v) is 5.54. The molecule has 8 nitrogen and oxygen atoms in total. The number of carbonyl (C=O) groups is 1. The van der Waals surface area contributed by atoms with E-state index >= 15 is 0 Å². The predicted molar refractivity (Wildman–Crippen MR) is 78.3 cm³/mol. The Morgan fingerprint density at radius 2 is 1.87 bits per heavy atom. The Bertz CT molecular complexity index is 733. The lowest BCUT2D eigenvalue weighted by Gasteiger charge is -2.38. The van der Waals surface area contributed by atoms with E-state index in [0.29, 0.717) is 10.9 Å². The molecule has 0 bridgehead atoms. The highest BCUT2D eigenvalue weighted by molar-refractivity contribution is 6.32. The SMILES string of the molecule is O=C(O)[C@H]1OC(Oc2c(Cl)[nH]c3ccccc23)[C@H](O)[C@@H](O)[C@@H]1O. The van der Waals surface area contributed by atoms with Crippen LogP contribution >= 0.6 is 11.6 Å². The van der Waals surface area contributed by atoms with Gasteiger partial charge in [0.1, 0.15) is 23.5 Å². The zero-order valence-electron chi connectivity index (χ0n) is 11.6. The molecule has 5 atom stereocenters. The third-order valence-corrected chi connectivity index (χ3v) is 3.93. The van der Waals surface area contributed by atoms with Crippen LogP contribution < -0.4 is 4.74 Å². The second-order valence-electron chi connectivity index (χ2n) is 5.17. The molecule has 0 saturated carbocycles. The molecule has 0 spiro atoms. The van der Waals surface area contributed by atoms with E-state index in [0.717, 1.165) is 0 Å². The molecule has 124 valence electrons. The summed E-state index contributed by atoms with van der Waals surface area (Å²) in [7, 11) is 0. The Labute approximate surface area is 134 Å². The molecule has 2 aromatic rings. The molecule has 1 fully saturated rings. The van der Waals surface area contributed by atoms with Gasteiger partial charge in [0.15, 0.2) is 11.9 Å². The van der Waals surface area contributed by atoms with E-state index in [1.807, 2.05) is 0 Å². The van der Waals surface area contributed by atoms with Crippen molar-refractivity contribution in [3.63, 3.8) is 0 Å². The minimum Gasteiger partial charge on any atom is -0.479 e. The number of halogens is 1. The molecule has 1 aliphatic rings. The van der Waals surface area contributed by atoms with E-state index in [4.69, 9.17) is 26.2 Å². The van der Waals surface area contributed by atoms with Crippen molar-refractivity contribution in [2.24, 2.45) is 0 Å². The van der Waals surface area contributed by atoms with Gasteiger partial charge < -0.3 is 34.9 Å². The van der Waals surface area contributed by atoms with Crippen LogP contribution in [0.1, 0.15) is 0 Å². The number of aromatic nitrogens is 1. The van der Waals surface area contributed by atoms with Gasteiger partial charge in [-0.05, 0) is 12.1 Å². The van der Waals surface area contributed by atoms with E-state index in [1.165, 1.54) is 0 Å². The minimum atomic E-state index is -1.78. The Kier molecular flexibility index (Phi) is 4.17. The van der Waals surface area contributed by atoms with Crippen LogP contribution in [-0.4, -0.2) is 62.1 Å². The first-order chi connectivity index (χ1) is 10.9. The quantitative estimate of drug-likeness (QED) is 0.533. The van der Waals surface area contributed by atoms with E-state index in [9.17, 15) is 20.1 Å². The van der Waals surface area contributed by atoms with Crippen molar-refractivity contribution < 1.29 is 34.7 Å². The summed E-state index contributed by atoms with van der Waals surface area (Å²) in [5.41, 5.74) is 0.674. The molecular formula is C14H14ClNO7. The van der Waals surface area contributed by atoms with Crippen LogP contribution in [0.4, 0.5) is 0 Å². The average molecular weight is 344 g/mol. The normalized spacial score (nSPS) is 31.2. The number of aliphatic carboxylic acids is 1. The third-order valence-electron chi connectivity index (χ3n) is 3.66. The van der Waals surface area contributed by atoms with Crippen LogP contribution in [0, 0.1) is 0 Å². The number of carboxylic acids is 1. The van der Waals surface area contributed by atoms with E-state index < -0.39 is 36.7 Å². The number of benzene rings is 1. The van der Waals surface area contributed by atoms with Gasteiger partial charge in [0, 0.05) is 5.39 Å². The van der Waals surface area contributed by atoms with Gasteiger partial charge in [0.05, 0.1) is 5.52 Å². The summed E-state index contributed by atoms with van der Waals surface area (Å²) in [6.45, 7) is 0. The molecule has 0 radical (unpaired) electrons. The average Bonchev–Trinajstić information content (AvgIpc) is 2.83. The number of aliphatic hydroxyl groups is 3. The third kappa shape index (κ3) is 2.75. The van der Waals surface area contributed by atoms with Gasteiger partial charge in [-0.1, -0.05) is 23.7 Å². The molecule has 1 unspecified atom stereocenters. The van der Waals surface area contributed by atoms with Gasteiger partial charge in [-0.25, -0.2) is 4.79 Å². The predicted octanol–water partition coefficient (Wildman–Crippen LogP) is 0.0923. The van der Waals surface area contributed by atoms with E-state index in [1.54, 1.807) is 24.3 Å². The molecule has 0 amide bonds. The number of nitrogens with one attached hydrogen (secondary N) is 1. The van der Waals surface area contributed by atoms with Gasteiger partial charge in [-0.3, -0.25) is 0 Å². The summed E-state index contributed by atoms with van der Waals surface area (Å²) < 4.78 is 10.5. The molecule has 0 aliphatic carbocycles. The summed E-state index contributed by atoms with van der Waals surface area (Å²) in [6, 6.07) is 6.99. The van der Waals surface area contributed by atoms with Crippen molar-refractivity contribution >= 4 is 28.5 Å². The van der Waals surface area contributed by atoms with Crippen molar-refractivity contribution in [1.82, 2.24) is 4.98 Å². The lowest BCUT2D eigenvalue weighted by Crippen LogP contribution is -2.61.